The average Bonchev–Trinajstić information content (AvgIpc) is 2.75. The monoisotopic (exact) mass is 265 g/mol. The normalized spacial score (nSPS) is 17.4. The van der Waals surface area contributed by atoms with Gasteiger partial charge < -0.3 is 10.0 Å². The summed E-state index contributed by atoms with van der Waals surface area (Å²) in [6, 6.07) is 1.47. The molecule has 1 saturated carbocycles. The number of anilines is 1. The number of hydrogen-bond acceptors (Lipinski definition) is 5. The standard InChI is InChI=1S/C13H19N3O3/c1-10-8-14-12(7-11(10)16(18)19)15(2)9-13(17)5-3-4-6-13/h7-8,17H,3-6,9H2,1-2H3. The predicted octanol–water partition coefficient (Wildman–Crippen LogP) is 2.04. The molecule has 104 valence electrons. The predicted molar refractivity (Wildman–Crippen MR) is 72.3 cm³/mol. The molecule has 0 aromatic carbocycles. The Bertz CT molecular complexity index is 484. The van der Waals surface area contributed by atoms with Crippen molar-refractivity contribution in [3.8, 4) is 0 Å². The minimum Gasteiger partial charge on any atom is -0.388 e. The summed E-state index contributed by atoms with van der Waals surface area (Å²) in [5, 5.41) is 21.3. The first-order valence-corrected chi connectivity index (χ1v) is 6.46. The molecule has 0 aliphatic heterocycles. The van der Waals surface area contributed by atoms with Crippen molar-refractivity contribution in [2.24, 2.45) is 0 Å². The molecule has 2 rings (SSSR count). The van der Waals surface area contributed by atoms with E-state index in [0.717, 1.165) is 25.7 Å². The number of rotatable bonds is 4. The van der Waals surface area contributed by atoms with E-state index in [0.29, 0.717) is 17.9 Å². The van der Waals surface area contributed by atoms with Gasteiger partial charge in [-0.2, -0.15) is 0 Å². The van der Waals surface area contributed by atoms with Gasteiger partial charge in [-0.3, -0.25) is 10.1 Å². The van der Waals surface area contributed by atoms with Crippen molar-refractivity contribution in [1.82, 2.24) is 4.98 Å². The lowest BCUT2D eigenvalue weighted by Gasteiger charge is -2.29. The van der Waals surface area contributed by atoms with Crippen LogP contribution in [0, 0.1) is 17.0 Å². The fraction of sp³-hybridized carbons (Fsp3) is 0.615. The molecule has 1 heterocycles. The summed E-state index contributed by atoms with van der Waals surface area (Å²) in [5.74, 6) is 0.526. The molecule has 1 aliphatic rings. The van der Waals surface area contributed by atoms with E-state index in [-0.39, 0.29) is 5.69 Å². The molecule has 0 atom stereocenters. The van der Waals surface area contributed by atoms with E-state index in [1.54, 1.807) is 18.9 Å². The fourth-order valence-electron chi connectivity index (χ4n) is 2.62. The van der Waals surface area contributed by atoms with Crippen LogP contribution in [0.3, 0.4) is 0 Å². The summed E-state index contributed by atoms with van der Waals surface area (Å²) >= 11 is 0. The lowest BCUT2D eigenvalue weighted by atomic mass is 10.0. The lowest BCUT2D eigenvalue weighted by Crippen LogP contribution is -2.39. The maximum absolute atomic E-state index is 10.9. The minimum atomic E-state index is -0.684. The third-order valence-corrected chi connectivity index (χ3v) is 3.71. The summed E-state index contributed by atoms with van der Waals surface area (Å²) in [5.41, 5.74) is -0.0761. The maximum Gasteiger partial charge on any atom is 0.277 e. The van der Waals surface area contributed by atoms with Gasteiger partial charge in [0, 0.05) is 25.4 Å². The van der Waals surface area contributed by atoms with E-state index in [4.69, 9.17) is 0 Å². The largest absolute Gasteiger partial charge is 0.388 e. The molecule has 6 nitrogen and oxygen atoms in total. The maximum atomic E-state index is 10.9. The topological polar surface area (TPSA) is 79.5 Å². The molecule has 0 bridgehead atoms. The van der Waals surface area contributed by atoms with Crippen molar-refractivity contribution in [1.29, 1.82) is 0 Å². The van der Waals surface area contributed by atoms with Crippen LogP contribution < -0.4 is 4.90 Å². The quantitative estimate of drug-likeness (QED) is 0.665. The highest BCUT2D eigenvalue weighted by Gasteiger charge is 2.32. The average molecular weight is 265 g/mol. The van der Waals surface area contributed by atoms with E-state index in [1.165, 1.54) is 12.3 Å². The number of nitro groups is 1. The molecule has 19 heavy (non-hydrogen) atoms. The summed E-state index contributed by atoms with van der Waals surface area (Å²) in [6.45, 7) is 2.12. The second-order valence-corrected chi connectivity index (χ2v) is 5.37. The van der Waals surface area contributed by atoms with Gasteiger partial charge in [-0.15, -0.1) is 0 Å². The molecule has 0 saturated heterocycles. The van der Waals surface area contributed by atoms with Crippen molar-refractivity contribution in [3.05, 3.63) is 27.9 Å². The highest BCUT2D eigenvalue weighted by atomic mass is 16.6. The zero-order valence-electron chi connectivity index (χ0n) is 11.3. The van der Waals surface area contributed by atoms with Crippen molar-refractivity contribution >= 4 is 11.5 Å². The number of hydrogen-bond donors (Lipinski definition) is 1. The van der Waals surface area contributed by atoms with Crippen molar-refractivity contribution < 1.29 is 10.0 Å². The molecule has 1 N–H and O–H groups in total. The van der Waals surface area contributed by atoms with Crippen molar-refractivity contribution in [2.45, 2.75) is 38.2 Å². The Morgan fingerprint density at radius 2 is 2.16 bits per heavy atom. The van der Waals surface area contributed by atoms with E-state index in [9.17, 15) is 15.2 Å². The van der Waals surface area contributed by atoms with Crippen LogP contribution in [0.2, 0.25) is 0 Å². The molecule has 0 unspecified atom stereocenters. The summed E-state index contributed by atoms with van der Waals surface area (Å²) in [6.07, 6.45) is 5.14. The summed E-state index contributed by atoms with van der Waals surface area (Å²) in [7, 11) is 1.80. The smallest absolute Gasteiger partial charge is 0.277 e. The Kier molecular flexibility index (Phi) is 3.71. The van der Waals surface area contributed by atoms with Crippen LogP contribution in [0.15, 0.2) is 12.3 Å². The van der Waals surface area contributed by atoms with Crippen LogP contribution in [-0.4, -0.2) is 34.2 Å². The molecule has 0 spiro atoms. The molecule has 1 fully saturated rings. The van der Waals surface area contributed by atoms with Crippen LogP contribution in [0.1, 0.15) is 31.2 Å². The summed E-state index contributed by atoms with van der Waals surface area (Å²) < 4.78 is 0. The number of aryl methyl sites for hydroxylation is 1. The van der Waals surface area contributed by atoms with Gasteiger partial charge in [-0.1, -0.05) is 12.8 Å². The van der Waals surface area contributed by atoms with Gasteiger partial charge in [-0.05, 0) is 19.8 Å². The second kappa shape index (κ2) is 5.13. The number of pyridine rings is 1. The number of aromatic nitrogens is 1. The van der Waals surface area contributed by atoms with Gasteiger partial charge in [0.25, 0.3) is 5.69 Å². The first kappa shape index (κ1) is 13.7. The Labute approximate surface area is 112 Å². The van der Waals surface area contributed by atoms with Crippen LogP contribution in [0.5, 0.6) is 0 Å². The molecule has 0 amide bonds. The highest BCUT2D eigenvalue weighted by molar-refractivity contribution is 5.50. The Morgan fingerprint density at radius 3 is 2.74 bits per heavy atom. The van der Waals surface area contributed by atoms with Gasteiger partial charge in [-0.25, -0.2) is 4.98 Å². The van der Waals surface area contributed by atoms with E-state index < -0.39 is 10.5 Å². The lowest BCUT2D eigenvalue weighted by molar-refractivity contribution is -0.385. The molecular formula is C13H19N3O3. The zero-order chi connectivity index (χ0) is 14.0. The van der Waals surface area contributed by atoms with Crippen LogP contribution in [-0.2, 0) is 0 Å². The van der Waals surface area contributed by atoms with Gasteiger partial charge in [0.2, 0.25) is 0 Å². The first-order valence-electron chi connectivity index (χ1n) is 6.46. The number of aliphatic hydroxyl groups is 1. The number of nitrogens with zero attached hydrogens (tertiary/aromatic N) is 3. The van der Waals surface area contributed by atoms with Gasteiger partial charge >= 0.3 is 0 Å². The zero-order valence-corrected chi connectivity index (χ0v) is 11.3. The third-order valence-electron chi connectivity index (χ3n) is 3.71. The van der Waals surface area contributed by atoms with Crippen LogP contribution in [0.4, 0.5) is 11.5 Å². The van der Waals surface area contributed by atoms with Gasteiger partial charge in [0.05, 0.1) is 16.6 Å². The molecule has 1 aromatic rings. The Hall–Kier alpha value is -1.69. The first-order chi connectivity index (χ1) is 8.91. The Morgan fingerprint density at radius 1 is 1.53 bits per heavy atom. The SMILES string of the molecule is Cc1cnc(N(C)CC2(O)CCCC2)cc1[N+](=O)[O-]. The number of likely N-dealkylation sites (N-methyl/N-ethyl adjacent to an activating group) is 1. The Balaban J connectivity index is 2.17. The van der Waals surface area contributed by atoms with Crippen molar-refractivity contribution in [3.63, 3.8) is 0 Å². The minimum absolute atomic E-state index is 0.0651. The van der Waals surface area contributed by atoms with E-state index in [2.05, 4.69) is 4.98 Å². The molecule has 1 aliphatic carbocycles. The van der Waals surface area contributed by atoms with Crippen LogP contribution >= 0.6 is 0 Å². The summed E-state index contributed by atoms with van der Waals surface area (Å²) in [4.78, 5) is 16.5. The fourth-order valence-corrected chi connectivity index (χ4v) is 2.62. The molecule has 0 radical (unpaired) electrons. The second-order valence-electron chi connectivity index (χ2n) is 5.37. The van der Waals surface area contributed by atoms with E-state index in [1.807, 2.05) is 0 Å². The third kappa shape index (κ3) is 3.01. The van der Waals surface area contributed by atoms with Crippen molar-refractivity contribution in [2.75, 3.05) is 18.5 Å². The van der Waals surface area contributed by atoms with Gasteiger partial charge in [0.1, 0.15) is 5.82 Å². The highest BCUT2D eigenvalue weighted by Crippen LogP contribution is 2.31. The molecule has 6 heteroatoms. The van der Waals surface area contributed by atoms with E-state index >= 15 is 0 Å². The van der Waals surface area contributed by atoms with Crippen LogP contribution in [0.25, 0.3) is 0 Å². The van der Waals surface area contributed by atoms with Gasteiger partial charge in [0.15, 0.2) is 0 Å². The molecular weight excluding hydrogens is 246 g/mol. The molecule has 1 aromatic heterocycles.